The second kappa shape index (κ2) is 6.23. The molecule has 2 atom stereocenters. The smallest absolute Gasteiger partial charge is 0.364 e. The number of alkyl halides is 2. The number of rotatable bonds is 5. The van der Waals surface area contributed by atoms with Crippen molar-refractivity contribution in [3.8, 4) is 0 Å². The third-order valence-corrected chi connectivity index (χ3v) is 3.78. The second-order valence-electron chi connectivity index (χ2n) is 5.61. The summed E-state index contributed by atoms with van der Waals surface area (Å²) in [4.78, 5) is 22.8. The van der Waals surface area contributed by atoms with Crippen molar-refractivity contribution in [2.45, 2.75) is 51.8 Å². The average Bonchev–Trinajstić information content (AvgIpc) is 3.01. The van der Waals surface area contributed by atoms with Gasteiger partial charge in [-0.1, -0.05) is 6.92 Å². The van der Waals surface area contributed by atoms with E-state index in [2.05, 4.69) is 10.2 Å². The number of nitrogens with zero attached hydrogens (tertiary/aromatic N) is 5. The van der Waals surface area contributed by atoms with Crippen molar-refractivity contribution in [3.05, 3.63) is 21.9 Å². The number of aromatic nitrogens is 2. The summed E-state index contributed by atoms with van der Waals surface area (Å²) in [5.74, 6) is -1.36. The third-order valence-electron chi connectivity index (χ3n) is 3.78. The molecule has 0 aliphatic carbocycles. The van der Waals surface area contributed by atoms with E-state index >= 15 is 0 Å². The summed E-state index contributed by atoms with van der Waals surface area (Å²) in [6, 6.07) is 0.0759. The quantitative estimate of drug-likeness (QED) is 0.643. The zero-order chi connectivity index (χ0) is 18.2. The summed E-state index contributed by atoms with van der Waals surface area (Å²) in [7, 11) is 0. The minimum absolute atomic E-state index is 0.128. The van der Waals surface area contributed by atoms with Crippen LogP contribution < -0.4 is 0 Å². The van der Waals surface area contributed by atoms with Gasteiger partial charge in [0.05, 0.1) is 16.9 Å². The van der Waals surface area contributed by atoms with Crippen LogP contribution in [0.3, 0.4) is 0 Å². The van der Waals surface area contributed by atoms with E-state index in [1.54, 1.807) is 6.92 Å². The molecule has 0 spiro atoms. The molecule has 24 heavy (non-hydrogen) atoms. The fourth-order valence-electron chi connectivity index (χ4n) is 2.62. The molecule has 1 aliphatic rings. The molecule has 1 amide bonds. The highest BCUT2D eigenvalue weighted by molar-refractivity contribution is 5.90. The van der Waals surface area contributed by atoms with Crippen molar-refractivity contribution in [2.75, 3.05) is 0 Å². The molecule has 11 heteroatoms. The van der Waals surface area contributed by atoms with E-state index in [1.807, 2.05) is 0 Å². The summed E-state index contributed by atoms with van der Waals surface area (Å²) in [5.41, 5.74) is -2.21. The Morgan fingerprint density at radius 3 is 2.62 bits per heavy atom. The molecule has 0 saturated heterocycles. The number of aryl methyl sites for hydroxylation is 1. The molecule has 2 heterocycles. The van der Waals surface area contributed by atoms with Crippen LogP contribution in [0.4, 0.5) is 14.6 Å². The molecule has 0 radical (unpaired) electrons. The topological polar surface area (TPSA) is 114 Å². The molecular formula is C13H17F2N5O4. The van der Waals surface area contributed by atoms with Gasteiger partial charge in [-0.15, -0.1) is 0 Å². The normalized spacial score (nSPS) is 22.0. The van der Waals surface area contributed by atoms with Crippen LogP contribution in [0.25, 0.3) is 0 Å². The second-order valence-corrected chi connectivity index (χ2v) is 5.61. The Balaban J connectivity index is 2.40. The van der Waals surface area contributed by atoms with E-state index in [9.17, 15) is 28.8 Å². The molecule has 132 valence electrons. The largest absolute Gasteiger partial charge is 0.390 e. The average molecular weight is 345 g/mol. The Bertz CT molecular complexity index is 705. The summed E-state index contributed by atoms with van der Waals surface area (Å²) in [5, 5.41) is 28.8. The molecule has 1 aliphatic heterocycles. The van der Waals surface area contributed by atoms with E-state index in [1.165, 1.54) is 19.9 Å². The van der Waals surface area contributed by atoms with Gasteiger partial charge in [-0.2, -0.15) is 14.8 Å². The molecule has 1 aromatic rings. The first-order valence-corrected chi connectivity index (χ1v) is 7.21. The van der Waals surface area contributed by atoms with Crippen LogP contribution in [0.1, 0.15) is 38.4 Å². The van der Waals surface area contributed by atoms with E-state index in [0.29, 0.717) is 10.7 Å². The van der Waals surface area contributed by atoms with Crippen LogP contribution in [0, 0.1) is 17.0 Å². The van der Waals surface area contributed by atoms with Crippen molar-refractivity contribution in [2.24, 2.45) is 5.10 Å². The number of aliphatic hydroxyl groups is 1. The Morgan fingerprint density at radius 1 is 1.54 bits per heavy atom. The molecule has 0 aromatic carbocycles. The minimum Gasteiger partial charge on any atom is -0.364 e. The van der Waals surface area contributed by atoms with E-state index < -0.39 is 41.3 Å². The van der Waals surface area contributed by atoms with Crippen molar-refractivity contribution < 1.29 is 23.6 Å². The van der Waals surface area contributed by atoms with Gasteiger partial charge in [0, 0.05) is 12.1 Å². The molecule has 1 N–H and O–H groups in total. The van der Waals surface area contributed by atoms with Gasteiger partial charge in [0.15, 0.2) is 6.04 Å². The Morgan fingerprint density at radius 2 is 2.17 bits per heavy atom. The lowest BCUT2D eigenvalue weighted by molar-refractivity contribution is -0.389. The number of hydrazone groups is 1. The first-order valence-electron chi connectivity index (χ1n) is 7.21. The van der Waals surface area contributed by atoms with Gasteiger partial charge in [0.25, 0.3) is 12.3 Å². The fourth-order valence-corrected chi connectivity index (χ4v) is 2.62. The molecule has 2 rings (SSSR count). The SMILES string of the molecule is CC[C@@H](C(=O)N1N=C(C)C[C@]1(O)C(F)F)n1nc([N+](=O)[O-])cc1C. The van der Waals surface area contributed by atoms with E-state index in [4.69, 9.17) is 0 Å². The highest BCUT2D eigenvalue weighted by Crippen LogP contribution is 2.34. The molecule has 9 nitrogen and oxygen atoms in total. The maximum Gasteiger partial charge on any atom is 0.390 e. The number of carbonyl (C=O) groups is 1. The molecule has 0 fully saturated rings. The summed E-state index contributed by atoms with van der Waals surface area (Å²) in [6.07, 6.45) is -3.55. The van der Waals surface area contributed by atoms with Crippen molar-refractivity contribution in [3.63, 3.8) is 0 Å². The zero-order valence-electron chi connectivity index (χ0n) is 13.3. The van der Waals surface area contributed by atoms with Gasteiger partial charge in [-0.05, 0) is 25.2 Å². The Kier molecular flexibility index (Phi) is 4.65. The monoisotopic (exact) mass is 345 g/mol. The summed E-state index contributed by atoms with van der Waals surface area (Å²) < 4.78 is 27.6. The number of carbonyl (C=O) groups excluding carboxylic acids is 1. The molecule has 1 aromatic heterocycles. The van der Waals surface area contributed by atoms with E-state index in [0.717, 1.165) is 4.68 Å². The molecule has 0 saturated carbocycles. The highest BCUT2D eigenvalue weighted by Gasteiger charge is 2.52. The van der Waals surface area contributed by atoms with E-state index in [-0.39, 0.29) is 12.1 Å². The van der Waals surface area contributed by atoms with Gasteiger partial charge >= 0.3 is 5.82 Å². The number of nitro groups is 1. The van der Waals surface area contributed by atoms with Gasteiger partial charge in [-0.25, -0.2) is 8.78 Å². The fraction of sp³-hybridized carbons (Fsp3) is 0.615. The highest BCUT2D eigenvalue weighted by atomic mass is 19.3. The molecule has 0 unspecified atom stereocenters. The number of amides is 1. The standard InChI is InChI=1S/C13H17F2N5O4/c1-4-9(18-8(3)5-10(17-18)20(23)24)11(21)19-13(22,12(14)15)6-7(2)16-19/h5,9,12,22H,4,6H2,1-3H3/t9-,13-/m0/s1. The van der Waals surface area contributed by atoms with Crippen LogP contribution >= 0.6 is 0 Å². The number of hydrogen-bond donors (Lipinski definition) is 1. The maximum atomic E-state index is 13.2. The van der Waals surface area contributed by atoms with Crippen LogP contribution in [0.5, 0.6) is 0 Å². The predicted octanol–water partition coefficient (Wildman–Crippen LogP) is 1.61. The lowest BCUT2D eigenvalue weighted by atomic mass is 10.1. The summed E-state index contributed by atoms with van der Waals surface area (Å²) in [6.45, 7) is 4.53. The van der Waals surface area contributed by atoms with Gasteiger partial charge in [0.2, 0.25) is 5.72 Å². The summed E-state index contributed by atoms with van der Waals surface area (Å²) >= 11 is 0. The Hall–Kier alpha value is -2.43. The lowest BCUT2D eigenvalue weighted by Crippen LogP contribution is -2.53. The Labute approximate surface area is 135 Å². The minimum atomic E-state index is -3.21. The van der Waals surface area contributed by atoms with Crippen LogP contribution in [0.2, 0.25) is 0 Å². The van der Waals surface area contributed by atoms with Crippen molar-refractivity contribution in [1.29, 1.82) is 0 Å². The van der Waals surface area contributed by atoms with Gasteiger partial charge in [-0.3, -0.25) is 4.79 Å². The van der Waals surface area contributed by atoms with Gasteiger partial charge in [0.1, 0.15) is 0 Å². The van der Waals surface area contributed by atoms with Crippen LogP contribution in [0.15, 0.2) is 11.2 Å². The van der Waals surface area contributed by atoms with Crippen LogP contribution in [-0.2, 0) is 4.79 Å². The first kappa shape index (κ1) is 17.9. The van der Waals surface area contributed by atoms with Crippen LogP contribution in [-0.4, -0.2) is 48.6 Å². The number of hydrogen-bond acceptors (Lipinski definition) is 6. The first-order chi connectivity index (χ1) is 11.1. The third kappa shape index (κ3) is 2.86. The van der Waals surface area contributed by atoms with Gasteiger partial charge < -0.3 is 15.2 Å². The maximum absolute atomic E-state index is 13.2. The number of halogens is 2. The lowest BCUT2D eigenvalue weighted by Gasteiger charge is -2.31. The molecular weight excluding hydrogens is 328 g/mol. The zero-order valence-corrected chi connectivity index (χ0v) is 13.3. The van der Waals surface area contributed by atoms with Crippen molar-refractivity contribution >= 4 is 17.4 Å². The molecule has 0 bridgehead atoms. The predicted molar refractivity (Wildman–Crippen MR) is 78.5 cm³/mol. The van der Waals surface area contributed by atoms with Crippen molar-refractivity contribution in [1.82, 2.24) is 14.8 Å².